The third-order valence-electron chi connectivity index (χ3n) is 7.84. The Labute approximate surface area is 304 Å². The van der Waals surface area contributed by atoms with E-state index in [0.717, 1.165) is 6.04 Å². The molecule has 0 aliphatic carbocycles. The van der Waals surface area contributed by atoms with Crippen molar-refractivity contribution >= 4 is 26.1 Å². The van der Waals surface area contributed by atoms with Crippen LogP contribution in [-0.2, 0) is 23.7 Å². The Morgan fingerprint density at radius 2 is 1.84 bits per heavy atom. The van der Waals surface area contributed by atoms with Gasteiger partial charge in [-0.2, -0.15) is 0 Å². The van der Waals surface area contributed by atoms with E-state index >= 15 is 0 Å². The molecule has 2 aromatic rings. The van der Waals surface area contributed by atoms with Crippen LogP contribution in [0.25, 0.3) is 16.5 Å². The van der Waals surface area contributed by atoms with Crippen LogP contribution >= 0.6 is 0 Å². The van der Waals surface area contributed by atoms with E-state index in [1.165, 1.54) is 7.11 Å². The zero-order chi connectivity index (χ0) is 38.3. The van der Waals surface area contributed by atoms with Gasteiger partial charge in [-0.25, -0.2) is 9.59 Å². The van der Waals surface area contributed by atoms with Crippen LogP contribution in [0.5, 0.6) is 11.5 Å². The average Bonchev–Trinajstić information content (AvgIpc) is 3.40. The summed E-state index contributed by atoms with van der Waals surface area (Å²) in [4.78, 5) is 29.6. The molecule has 51 heavy (non-hydrogen) atoms. The van der Waals surface area contributed by atoms with Crippen LogP contribution in [0.4, 0.5) is 0 Å². The van der Waals surface area contributed by atoms with Crippen molar-refractivity contribution in [3.05, 3.63) is 87.8 Å². The molecule has 1 aliphatic rings. The maximum Gasteiger partial charge on any atom is 0.342 e. The molecule has 1 aliphatic heterocycles. The van der Waals surface area contributed by atoms with Crippen molar-refractivity contribution in [2.75, 3.05) is 33.7 Å². The van der Waals surface area contributed by atoms with Crippen LogP contribution in [0.3, 0.4) is 0 Å². The van der Waals surface area contributed by atoms with Crippen molar-refractivity contribution in [1.82, 2.24) is 0 Å². The lowest BCUT2D eigenvalue weighted by molar-refractivity contribution is -0.152. The largest absolute Gasteiger partial charge is 0.493 e. The molecule has 3 rings (SSSR count). The second-order valence-corrected chi connectivity index (χ2v) is 19.4. The van der Waals surface area contributed by atoms with Crippen molar-refractivity contribution in [1.29, 1.82) is 0 Å². The molecular formula is C38H53N3O9Si. The van der Waals surface area contributed by atoms with E-state index in [1.54, 1.807) is 69.3 Å². The summed E-state index contributed by atoms with van der Waals surface area (Å²) in [5.41, 5.74) is 9.72. The number of esters is 2. The Kier molecular flexibility index (Phi) is 15.6. The molecule has 0 saturated carbocycles. The van der Waals surface area contributed by atoms with Crippen molar-refractivity contribution < 1.29 is 44.1 Å². The highest BCUT2D eigenvalue weighted by Gasteiger charge is 2.45. The highest BCUT2D eigenvalue weighted by atomic mass is 28.3. The first-order chi connectivity index (χ1) is 24.6. The number of nitrogens with zero attached hydrogens (tertiary/aromatic N) is 3. The van der Waals surface area contributed by atoms with Gasteiger partial charge in [0.05, 0.1) is 31.4 Å². The Balaban J connectivity index is 1.99. The van der Waals surface area contributed by atoms with Crippen LogP contribution < -0.4 is 9.47 Å². The molecule has 278 valence electrons. The SMILES string of the molecule is [3H][C@@H](C)[C@H](C)/C=C\C(OC(=O)c1ccccc1)[C@H]1OC(C)(C)O[C@H]1C/C=C/c1cc(OCCN=[N+]=[N-])cc(OCOC)c1C(=O)OCC[Si](C)(C)C. The fourth-order valence-corrected chi connectivity index (χ4v) is 5.80. The lowest BCUT2D eigenvalue weighted by atomic mass is 10.00. The van der Waals surface area contributed by atoms with Gasteiger partial charge in [0.2, 0.25) is 0 Å². The molecule has 0 N–H and O–H groups in total. The number of benzene rings is 2. The van der Waals surface area contributed by atoms with E-state index in [2.05, 4.69) is 29.7 Å². The summed E-state index contributed by atoms with van der Waals surface area (Å²) >= 11 is 0. The maximum absolute atomic E-state index is 13.6. The third-order valence-corrected chi connectivity index (χ3v) is 9.55. The van der Waals surface area contributed by atoms with Gasteiger partial charge in [0.25, 0.3) is 0 Å². The Morgan fingerprint density at radius 3 is 2.51 bits per heavy atom. The predicted octanol–water partition coefficient (Wildman–Crippen LogP) is 8.60. The van der Waals surface area contributed by atoms with Gasteiger partial charge < -0.3 is 33.2 Å². The lowest BCUT2D eigenvalue weighted by Gasteiger charge is -2.24. The van der Waals surface area contributed by atoms with Crippen molar-refractivity contribution in [3.8, 4) is 11.5 Å². The van der Waals surface area contributed by atoms with Crippen LogP contribution in [0, 0.1) is 5.92 Å². The topological polar surface area (TPSA) is 148 Å². The summed E-state index contributed by atoms with van der Waals surface area (Å²) in [6.07, 6.45) is 5.09. The minimum absolute atomic E-state index is 0.105. The quantitative estimate of drug-likeness (QED) is 0.0191. The smallest absolute Gasteiger partial charge is 0.342 e. The summed E-state index contributed by atoms with van der Waals surface area (Å²) in [6, 6.07) is 12.8. The van der Waals surface area contributed by atoms with Crippen LogP contribution in [0.1, 0.15) is 68.2 Å². The van der Waals surface area contributed by atoms with Gasteiger partial charge >= 0.3 is 11.9 Å². The summed E-state index contributed by atoms with van der Waals surface area (Å²) in [6.45, 7) is 14.3. The molecule has 0 bridgehead atoms. The normalized spacial score (nSPS) is 19.2. The number of rotatable bonds is 20. The monoisotopic (exact) mass is 725 g/mol. The molecular weight excluding hydrogens is 671 g/mol. The summed E-state index contributed by atoms with van der Waals surface area (Å²) < 4.78 is 49.4. The third kappa shape index (κ3) is 13.8. The molecule has 1 fully saturated rings. The zero-order valence-corrected chi connectivity index (χ0v) is 32.0. The number of hydrogen-bond acceptors (Lipinski definition) is 10. The van der Waals surface area contributed by atoms with Gasteiger partial charge in [-0.3, -0.25) is 0 Å². The number of azide groups is 1. The maximum atomic E-state index is 13.6. The molecule has 0 spiro atoms. The van der Waals surface area contributed by atoms with E-state index in [4.69, 9.17) is 40.1 Å². The molecule has 12 nitrogen and oxygen atoms in total. The Morgan fingerprint density at radius 1 is 1.10 bits per heavy atom. The average molecular weight is 726 g/mol. The van der Waals surface area contributed by atoms with Crippen LogP contribution in [-0.4, -0.2) is 77.8 Å². The van der Waals surface area contributed by atoms with E-state index in [1.807, 2.05) is 25.1 Å². The van der Waals surface area contributed by atoms with Gasteiger partial charge in [0.15, 0.2) is 12.6 Å². The Hall–Kier alpha value is -4.13. The highest BCUT2D eigenvalue weighted by Crippen LogP contribution is 2.35. The van der Waals surface area contributed by atoms with Gasteiger partial charge in [0.1, 0.15) is 29.3 Å². The molecule has 5 atom stereocenters. The second-order valence-electron chi connectivity index (χ2n) is 13.8. The number of carbonyl (C=O) groups excluding carboxylic acids is 2. The number of ether oxygens (including phenoxy) is 7. The van der Waals surface area contributed by atoms with Gasteiger partial charge in [0, 0.05) is 27.5 Å². The number of carbonyl (C=O) groups is 2. The molecule has 0 radical (unpaired) electrons. The van der Waals surface area contributed by atoms with E-state index in [0.29, 0.717) is 23.3 Å². The fourth-order valence-electron chi connectivity index (χ4n) is 5.08. The first-order valence-corrected chi connectivity index (χ1v) is 20.8. The van der Waals surface area contributed by atoms with Gasteiger partial charge in [-0.15, -0.1) is 0 Å². The van der Waals surface area contributed by atoms with E-state index < -0.39 is 44.1 Å². The van der Waals surface area contributed by atoms with E-state index in [-0.39, 0.29) is 50.2 Å². The zero-order valence-electron chi connectivity index (χ0n) is 32.0. The van der Waals surface area contributed by atoms with E-state index in [9.17, 15) is 9.59 Å². The minimum Gasteiger partial charge on any atom is -0.493 e. The fraction of sp³-hybridized carbons (Fsp3) is 0.526. The molecule has 0 amide bonds. The van der Waals surface area contributed by atoms with Crippen molar-refractivity contribution in [2.45, 2.75) is 90.3 Å². The first-order valence-electron chi connectivity index (χ1n) is 17.7. The predicted molar refractivity (Wildman–Crippen MR) is 199 cm³/mol. The van der Waals surface area contributed by atoms with Crippen molar-refractivity contribution in [2.24, 2.45) is 11.0 Å². The summed E-state index contributed by atoms with van der Waals surface area (Å²) in [5.74, 6) is -1.58. The molecule has 1 heterocycles. The molecule has 1 saturated heterocycles. The number of hydrogen-bond donors (Lipinski definition) is 0. The number of allylic oxidation sites excluding steroid dienone is 1. The summed E-state index contributed by atoms with van der Waals surface area (Å²) in [5, 5.41) is 3.52. The highest BCUT2D eigenvalue weighted by molar-refractivity contribution is 6.76. The van der Waals surface area contributed by atoms with Crippen molar-refractivity contribution in [3.63, 3.8) is 0 Å². The lowest BCUT2D eigenvalue weighted by Crippen LogP contribution is -2.37. The van der Waals surface area contributed by atoms with Gasteiger partial charge in [-0.1, -0.05) is 81.4 Å². The van der Waals surface area contributed by atoms with Crippen LogP contribution in [0.15, 0.2) is 65.8 Å². The summed E-state index contributed by atoms with van der Waals surface area (Å²) in [7, 11) is -0.00942. The molecule has 1 unspecified atom stereocenters. The second kappa shape index (κ2) is 20.0. The Bertz CT molecular complexity index is 1570. The minimum atomic E-state index is -1.48. The van der Waals surface area contributed by atoms with Gasteiger partial charge in [-0.05, 0) is 67.6 Å². The first kappa shape index (κ1) is 39.6. The molecule has 2 aromatic carbocycles. The standard InChI is InChI=1S/C38H53N3O9Si/c1-9-27(2)18-19-31(48-36(42)28-14-11-10-12-15-28)35-32(49-38(3,4)50-35)17-13-16-29-24-30(45-21-20-40-41-39)25-33(47-26-44-5)34(29)37(43)46-22-23-51(6,7)8/h10-16,18-19,24-25,27,31-32,35H,9,17,20-23,26H2,1-8H3/b16-13+,19-18-/t27-,31?,32-,35+/m0/s1/i9T/t9-,27-,31?,32-,35+. The number of methoxy groups -OCH3 is 1. The van der Waals surface area contributed by atoms with Crippen LogP contribution in [0.2, 0.25) is 25.7 Å². The molecule has 13 heteroatoms. The molecule has 0 aromatic heterocycles.